The van der Waals surface area contributed by atoms with Crippen LogP contribution in [-0.4, -0.2) is 21.3 Å². The average molecular weight is 387 g/mol. The minimum atomic E-state index is -1.03. The molecule has 122 valence electrons. The summed E-state index contributed by atoms with van der Waals surface area (Å²) in [6.45, 7) is 2.42. The lowest BCUT2D eigenvalue weighted by atomic mass is 10.1. The summed E-state index contributed by atoms with van der Waals surface area (Å²) in [7, 11) is 0. The van der Waals surface area contributed by atoms with E-state index in [0.29, 0.717) is 12.3 Å². The topological polar surface area (TPSA) is 75.2 Å². The maximum atomic E-state index is 11.0. The number of rotatable bonds is 5. The van der Waals surface area contributed by atoms with Crippen LogP contribution in [0.15, 0.2) is 53.0 Å². The molecule has 2 aromatic carbocycles. The second-order valence-electron chi connectivity index (χ2n) is 5.35. The molecule has 0 spiro atoms. The number of benzene rings is 2. The Hall–Kier alpha value is -2.60. The third kappa shape index (κ3) is 3.49. The SMILES string of the molecule is Cc1cc(-c2cc(C(=O)O)[nH]n2)cc(Br)c1OCc1ccccc1. The highest BCUT2D eigenvalue weighted by atomic mass is 79.9. The zero-order chi connectivity index (χ0) is 17.1. The highest BCUT2D eigenvalue weighted by Gasteiger charge is 2.13. The lowest BCUT2D eigenvalue weighted by Gasteiger charge is -2.12. The molecule has 1 aromatic heterocycles. The van der Waals surface area contributed by atoms with Gasteiger partial charge in [0.2, 0.25) is 0 Å². The summed E-state index contributed by atoms with van der Waals surface area (Å²) in [6.07, 6.45) is 0. The quantitative estimate of drug-likeness (QED) is 0.680. The summed E-state index contributed by atoms with van der Waals surface area (Å²) in [5, 5.41) is 15.5. The number of hydrogen-bond donors (Lipinski definition) is 2. The largest absolute Gasteiger partial charge is 0.487 e. The predicted molar refractivity (Wildman–Crippen MR) is 94.2 cm³/mol. The smallest absolute Gasteiger partial charge is 0.353 e. The fourth-order valence-corrected chi connectivity index (χ4v) is 3.04. The molecule has 0 fully saturated rings. The Kier molecular flexibility index (Phi) is 4.66. The number of H-pyrrole nitrogens is 1. The number of halogens is 1. The zero-order valence-electron chi connectivity index (χ0n) is 12.9. The molecule has 0 unspecified atom stereocenters. The van der Waals surface area contributed by atoms with Crippen LogP contribution < -0.4 is 4.74 Å². The van der Waals surface area contributed by atoms with Crippen LogP contribution >= 0.6 is 15.9 Å². The third-order valence-electron chi connectivity index (χ3n) is 3.56. The van der Waals surface area contributed by atoms with E-state index in [9.17, 15) is 4.79 Å². The van der Waals surface area contributed by atoms with Gasteiger partial charge in [0, 0.05) is 5.56 Å². The molecule has 2 N–H and O–H groups in total. The summed E-state index contributed by atoms with van der Waals surface area (Å²) in [5.41, 5.74) is 3.48. The monoisotopic (exact) mass is 386 g/mol. The van der Waals surface area contributed by atoms with Gasteiger partial charge in [-0.05, 0) is 52.2 Å². The van der Waals surface area contributed by atoms with Crippen LogP contribution in [0.25, 0.3) is 11.3 Å². The van der Waals surface area contributed by atoms with Crippen molar-refractivity contribution in [1.29, 1.82) is 0 Å². The molecule has 6 heteroatoms. The number of aromatic nitrogens is 2. The maximum Gasteiger partial charge on any atom is 0.353 e. The minimum Gasteiger partial charge on any atom is -0.487 e. The highest BCUT2D eigenvalue weighted by molar-refractivity contribution is 9.10. The van der Waals surface area contributed by atoms with Crippen molar-refractivity contribution in [3.05, 3.63) is 69.8 Å². The Balaban J connectivity index is 1.84. The Bertz CT molecular complexity index is 852. The molecule has 3 aromatic rings. The number of hydrogen-bond acceptors (Lipinski definition) is 3. The van der Waals surface area contributed by atoms with Crippen molar-refractivity contribution in [3.63, 3.8) is 0 Å². The van der Waals surface area contributed by atoms with Crippen molar-refractivity contribution in [1.82, 2.24) is 10.2 Å². The molecular formula is C18H15BrN2O3. The lowest BCUT2D eigenvalue weighted by molar-refractivity contribution is 0.0690. The first-order chi connectivity index (χ1) is 11.5. The summed E-state index contributed by atoms with van der Waals surface area (Å²) >= 11 is 3.53. The fourth-order valence-electron chi connectivity index (χ4n) is 2.37. The number of nitrogens with zero attached hydrogens (tertiary/aromatic N) is 1. The van der Waals surface area contributed by atoms with Crippen LogP contribution in [0.2, 0.25) is 0 Å². The molecular weight excluding hydrogens is 372 g/mol. The summed E-state index contributed by atoms with van der Waals surface area (Å²) < 4.78 is 6.72. The van der Waals surface area contributed by atoms with Gasteiger partial charge < -0.3 is 9.84 Å². The average Bonchev–Trinajstić information content (AvgIpc) is 3.05. The van der Waals surface area contributed by atoms with Gasteiger partial charge in [0.05, 0.1) is 10.2 Å². The van der Waals surface area contributed by atoms with Crippen molar-refractivity contribution < 1.29 is 14.6 Å². The van der Waals surface area contributed by atoms with Crippen LogP contribution in [0.1, 0.15) is 21.6 Å². The van der Waals surface area contributed by atoms with Gasteiger partial charge in [0.15, 0.2) is 0 Å². The van der Waals surface area contributed by atoms with Gasteiger partial charge in [-0.2, -0.15) is 5.10 Å². The molecule has 0 aliphatic carbocycles. The standard InChI is InChI=1S/C18H15BrN2O3/c1-11-7-13(15-9-16(18(22)23)21-20-15)8-14(19)17(11)24-10-12-5-3-2-4-6-12/h2-9H,10H2,1H3,(H,20,21)(H,22,23). The summed E-state index contributed by atoms with van der Waals surface area (Å²) in [5.74, 6) is -0.274. The van der Waals surface area contributed by atoms with Crippen LogP contribution in [0.4, 0.5) is 0 Å². The van der Waals surface area contributed by atoms with E-state index in [-0.39, 0.29) is 5.69 Å². The minimum absolute atomic E-state index is 0.0585. The van der Waals surface area contributed by atoms with Crippen molar-refractivity contribution in [2.75, 3.05) is 0 Å². The Labute approximate surface area is 147 Å². The fraction of sp³-hybridized carbons (Fsp3) is 0.111. The van der Waals surface area contributed by atoms with Gasteiger partial charge in [-0.25, -0.2) is 4.79 Å². The van der Waals surface area contributed by atoms with Gasteiger partial charge >= 0.3 is 5.97 Å². The zero-order valence-corrected chi connectivity index (χ0v) is 14.5. The number of aryl methyl sites for hydroxylation is 1. The molecule has 24 heavy (non-hydrogen) atoms. The van der Waals surface area contributed by atoms with E-state index in [1.165, 1.54) is 6.07 Å². The molecule has 5 nitrogen and oxygen atoms in total. The highest BCUT2D eigenvalue weighted by Crippen LogP contribution is 2.34. The van der Waals surface area contributed by atoms with E-state index < -0.39 is 5.97 Å². The van der Waals surface area contributed by atoms with Gasteiger partial charge in [-0.1, -0.05) is 30.3 Å². The van der Waals surface area contributed by atoms with E-state index in [1.54, 1.807) is 0 Å². The second-order valence-corrected chi connectivity index (χ2v) is 6.20. The summed E-state index contributed by atoms with van der Waals surface area (Å²) in [6, 6.07) is 15.2. The molecule has 0 amide bonds. The Morgan fingerprint density at radius 3 is 2.62 bits per heavy atom. The number of carboxylic acid groups (broad SMARTS) is 1. The van der Waals surface area contributed by atoms with Gasteiger partial charge in [-0.3, -0.25) is 5.10 Å². The van der Waals surface area contributed by atoms with Crippen molar-refractivity contribution in [2.45, 2.75) is 13.5 Å². The van der Waals surface area contributed by atoms with Gasteiger partial charge in [0.25, 0.3) is 0 Å². The number of aromatic carboxylic acids is 1. The third-order valence-corrected chi connectivity index (χ3v) is 4.15. The first kappa shape index (κ1) is 16.3. The first-order valence-corrected chi connectivity index (χ1v) is 8.10. The van der Waals surface area contributed by atoms with Gasteiger partial charge in [0.1, 0.15) is 18.1 Å². The second kappa shape index (κ2) is 6.88. The normalized spacial score (nSPS) is 10.6. The molecule has 3 rings (SSSR count). The number of aromatic amines is 1. The number of ether oxygens (including phenoxy) is 1. The predicted octanol–water partition coefficient (Wildman–Crippen LogP) is 4.42. The van der Waals surface area contributed by atoms with Crippen LogP contribution in [-0.2, 0) is 6.61 Å². The first-order valence-electron chi connectivity index (χ1n) is 7.30. The van der Waals surface area contributed by atoms with Crippen molar-refractivity contribution in [2.24, 2.45) is 0 Å². The molecule has 1 heterocycles. The molecule has 0 atom stereocenters. The number of carboxylic acids is 1. The van der Waals surface area contributed by atoms with Crippen LogP contribution in [0.3, 0.4) is 0 Å². The molecule has 0 radical (unpaired) electrons. The molecule has 0 bridgehead atoms. The van der Waals surface area contributed by atoms with E-state index in [1.807, 2.05) is 49.4 Å². The van der Waals surface area contributed by atoms with Crippen LogP contribution in [0.5, 0.6) is 5.75 Å². The van der Waals surface area contributed by atoms with E-state index in [0.717, 1.165) is 26.9 Å². The number of nitrogens with one attached hydrogen (secondary N) is 1. The lowest BCUT2D eigenvalue weighted by Crippen LogP contribution is -1.98. The van der Waals surface area contributed by atoms with E-state index >= 15 is 0 Å². The van der Waals surface area contributed by atoms with Crippen LogP contribution in [0, 0.1) is 6.92 Å². The molecule has 0 aliphatic rings. The number of carbonyl (C=O) groups is 1. The maximum absolute atomic E-state index is 11.0. The Morgan fingerprint density at radius 1 is 1.25 bits per heavy atom. The molecule has 0 saturated carbocycles. The molecule has 0 aliphatic heterocycles. The van der Waals surface area contributed by atoms with Crippen molar-refractivity contribution in [3.8, 4) is 17.0 Å². The molecule has 0 saturated heterocycles. The van der Waals surface area contributed by atoms with E-state index in [2.05, 4.69) is 26.1 Å². The van der Waals surface area contributed by atoms with E-state index in [4.69, 9.17) is 9.84 Å². The summed E-state index contributed by atoms with van der Waals surface area (Å²) in [4.78, 5) is 11.0. The van der Waals surface area contributed by atoms with Gasteiger partial charge in [-0.15, -0.1) is 0 Å². The van der Waals surface area contributed by atoms with Crippen molar-refractivity contribution >= 4 is 21.9 Å². The Morgan fingerprint density at radius 2 is 2.00 bits per heavy atom.